The maximum atomic E-state index is 5.26. The van der Waals surface area contributed by atoms with Gasteiger partial charge in [-0.15, -0.1) is 0 Å². The van der Waals surface area contributed by atoms with Gasteiger partial charge in [-0.25, -0.2) is 0 Å². The molecule has 1 rings (SSSR count). The Hall–Kier alpha value is -0.580. The fraction of sp³-hybridized carbons (Fsp3) is 0.600. The van der Waals surface area contributed by atoms with Crippen LogP contribution >= 0.6 is 15.9 Å². The molecule has 0 saturated heterocycles. The van der Waals surface area contributed by atoms with Crippen molar-refractivity contribution in [2.45, 2.75) is 32.2 Å². The Morgan fingerprint density at radius 2 is 2.11 bits per heavy atom. The zero-order valence-corrected chi connectivity index (χ0v) is 13.6. The number of ether oxygens (including phenoxy) is 2. The minimum atomic E-state index is 0.422. The van der Waals surface area contributed by atoms with Crippen molar-refractivity contribution in [3.63, 3.8) is 0 Å². The molecule has 1 atom stereocenters. The van der Waals surface area contributed by atoms with Crippen molar-refractivity contribution in [2.24, 2.45) is 0 Å². The Bertz CT molecular complexity index is 371. The van der Waals surface area contributed by atoms with Crippen molar-refractivity contribution in [1.82, 2.24) is 5.32 Å². The molecule has 0 amide bonds. The maximum absolute atomic E-state index is 5.26. The van der Waals surface area contributed by atoms with Gasteiger partial charge in [-0.2, -0.15) is 0 Å². The summed E-state index contributed by atoms with van der Waals surface area (Å²) in [6.45, 7) is 3.98. The van der Waals surface area contributed by atoms with Crippen LogP contribution in [0.3, 0.4) is 0 Å². The molecule has 0 fully saturated rings. The van der Waals surface area contributed by atoms with Gasteiger partial charge < -0.3 is 14.8 Å². The summed E-state index contributed by atoms with van der Waals surface area (Å²) < 4.78 is 11.5. The van der Waals surface area contributed by atoms with E-state index in [1.165, 1.54) is 5.56 Å². The number of rotatable bonds is 9. The van der Waals surface area contributed by atoms with Gasteiger partial charge in [-0.3, -0.25) is 0 Å². The SMILES string of the molecule is CCCNC(CCc1ccc(OC)c(Br)c1)COC. The van der Waals surface area contributed by atoms with Gasteiger partial charge in [-0.05, 0) is 59.4 Å². The summed E-state index contributed by atoms with van der Waals surface area (Å²) >= 11 is 3.52. The highest BCUT2D eigenvalue weighted by atomic mass is 79.9. The standard InChI is InChI=1S/C15H24BrNO2/c1-4-9-17-13(11-18-2)7-5-12-6-8-15(19-3)14(16)10-12/h6,8,10,13,17H,4-5,7,9,11H2,1-3H3. The third-order valence-electron chi connectivity index (χ3n) is 3.05. The maximum Gasteiger partial charge on any atom is 0.133 e. The van der Waals surface area contributed by atoms with Gasteiger partial charge in [0, 0.05) is 13.2 Å². The van der Waals surface area contributed by atoms with Crippen LogP contribution in [0.2, 0.25) is 0 Å². The second kappa shape index (κ2) is 9.34. The molecule has 0 saturated carbocycles. The zero-order valence-electron chi connectivity index (χ0n) is 12.0. The minimum Gasteiger partial charge on any atom is -0.496 e. The molecule has 0 bridgehead atoms. The van der Waals surface area contributed by atoms with E-state index in [2.05, 4.69) is 40.3 Å². The Morgan fingerprint density at radius 1 is 1.32 bits per heavy atom. The molecule has 19 heavy (non-hydrogen) atoms. The van der Waals surface area contributed by atoms with Gasteiger partial charge in [0.05, 0.1) is 18.2 Å². The van der Waals surface area contributed by atoms with Gasteiger partial charge in [-0.1, -0.05) is 13.0 Å². The van der Waals surface area contributed by atoms with Crippen LogP contribution in [-0.4, -0.2) is 33.4 Å². The Kier molecular flexibility index (Phi) is 8.10. The van der Waals surface area contributed by atoms with E-state index in [9.17, 15) is 0 Å². The fourth-order valence-corrected chi connectivity index (χ4v) is 2.59. The van der Waals surface area contributed by atoms with E-state index >= 15 is 0 Å². The quantitative estimate of drug-likeness (QED) is 0.753. The number of hydrogen-bond acceptors (Lipinski definition) is 3. The first-order valence-corrected chi connectivity index (χ1v) is 7.55. The topological polar surface area (TPSA) is 30.5 Å². The van der Waals surface area contributed by atoms with Crippen LogP contribution in [0.1, 0.15) is 25.3 Å². The second-order valence-corrected chi connectivity index (χ2v) is 5.47. The Labute approximate surface area is 124 Å². The molecule has 0 aliphatic heterocycles. The normalized spacial score (nSPS) is 12.4. The second-order valence-electron chi connectivity index (χ2n) is 4.61. The molecular formula is C15H24BrNO2. The monoisotopic (exact) mass is 329 g/mol. The number of benzene rings is 1. The van der Waals surface area contributed by atoms with Crippen LogP contribution in [0.25, 0.3) is 0 Å². The number of halogens is 1. The average molecular weight is 330 g/mol. The molecule has 108 valence electrons. The minimum absolute atomic E-state index is 0.422. The smallest absolute Gasteiger partial charge is 0.133 e. The van der Waals surface area contributed by atoms with Crippen molar-refractivity contribution >= 4 is 15.9 Å². The van der Waals surface area contributed by atoms with E-state index in [1.807, 2.05) is 6.07 Å². The molecule has 0 radical (unpaired) electrons. The lowest BCUT2D eigenvalue weighted by atomic mass is 10.1. The summed E-state index contributed by atoms with van der Waals surface area (Å²) in [6.07, 6.45) is 3.26. The van der Waals surface area contributed by atoms with Crippen molar-refractivity contribution in [3.8, 4) is 5.75 Å². The lowest BCUT2D eigenvalue weighted by Crippen LogP contribution is -2.34. The molecule has 1 aromatic rings. The van der Waals surface area contributed by atoms with Crippen molar-refractivity contribution in [1.29, 1.82) is 0 Å². The van der Waals surface area contributed by atoms with E-state index in [1.54, 1.807) is 14.2 Å². The van der Waals surface area contributed by atoms with Crippen LogP contribution < -0.4 is 10.1 Å². The molecule has 1 aromatic carbocycles. The van der Waals surface area contributed by atoms with Crippen LogP contribution in [0, 0.1) is 0 Å². The molecular weight excluding hydrogens is 306 g/mol. The summed E-state index contributed by atoms with van der Waals surface area (Å²) in [5.41, 5.74) is 1.31. The Balaban J connectivity index is 2.50. The highest BCUT2D eigenvalue weighted by molar-refractivity contribution is 9.10. The summed E-state index contributed by atoms with van der Waals surface area (Å²) in [5, 5.41) is 3.52. The molecule has 4 heteroatoms. The van der Waals surface area contributed by atoms with Crippen LogP contribution in [0.4, 0.5) is 0 Å². The van der Waals surface area contributed by atoms with E-state index in [0.29, 0.717) is 6.04 Å². The first kappa shape index (κ1) is 16.5. The van der Waals surface area contributed by atoms with Gasteiger partial charge in [0.15, 0.2) is 0 Å². The van der Waals surface area contributed by atoms with E-state index in [-0.39, 0.29) is 0 Å². The van der Waals surface area contributed by atoms with Gasteiger partial charge >= 0.3 is 0 Å². The molecule has 0 aliphatic rings. The van der Waals surface area contributed by atoms with Crippen molar-refractivity contribution < 1.29 is 9.47 Å². The largest absolute Gasteiger partial charge is 0.496 e. The average Bonchev–Trinajstić information content (AvgIpc) is 2.42. The van der Waals surface area contributed by atoms with E-state index < -0.39 is 0 Å². The third-order valence-corrected chi connectivity index (χ3v) is 3.67. The van der Waals surface area contributed by atoms with Crippen LogP contribution in [-0.2, 0) is 11.2 Å². The third kappa shape index (κ3) is 5.93. The highest BCUT2D eigenvalue weighted by Gasteiger charge is 2.08. The zero-order chi connectivity index (χ0) is 14.1. The first-order valence-electron chi connectivity index (χ1n) is 6.76. The summed E-state index contributed by atoms with van der Waals surface area (Å²) in [4.78, 5) is 0. The molecule has 1 N–H and O–H groups in total. The van der Waals surface area contributed by atoms with Crippen LogP contribution in [0.5, 0.6) is 5.75 Å². The van der Waals surface area contributed by atoms with Crippen molar-refractivity contribution in [2.75, 3.05) is 27.4 Å². The summed E-state index contributed by atoms with van der Waals surface area (Å²) in [6, 6.07) is 6.67. The first-order chi connectivity index (χ1) is 9.21. The molecule has 0 aliphatic carbocycles. The number of aryl methyl sites for hydroxylation is 1. The van der Waals surface area contributed by atoms with Gasteiger partial charge in [0.2, 0.25) is 0 Å². The molecule has 0 aromatic heterocycles. The Morgan fingerprint density at radius 3 is 2.68 bits per heavy atom. The van der Waals surface area contributed by atoms with Crippen molar-refractivity contribution in [3.05, 3.63) is 28.2 Å². The number of hydrogen-bond donors (Lipinski definition) is 1. The number of methoxy groups -OCH3 is 2. The molecule has 0 spiro atoms. The predicted octanol–water partition coefficient (Wildman–Crippen LogP) is 3.40. The van der Waals surface area contributed by atoms with E-state index in [0.717, 1.165) is 42.6 Å². The lowest BCUT2D eigenvalue weighted by molar-refractivity contribution is 0.162. The molecule has 1 unspecified atom stereocenters. The van der Waals surface area contributed by atoms with Crippen LogP contribution in [0.15, 0.2) is 22.7 Å². The van der Waals surface area contributed by atoms with Gasteiger partial charge in [0.25, 0.3) is 0 Å². The summed E-state index contributed by atoms with van der Waals surface area (Å²) in [5.74, 6) is 0.876. The lowest BCUT2D eigenvalue weighted by Gasteiger charge is -2.17. The fourth-order valence-electron chi connectivity index (χ4n) is 2.00. The van der Waals surface area contributed by atoms with E-state index in [4.69, 9.17) is 9.47 Å². The number of nitrogens with one attached hydrogen (secondary N) is 1. The highest BCUT2D eigenvalue weighted by Crippen LogP contribution is 2.26. The predicted molar refractivity (Wildman–Crippen MR) is 83.0 cm³/mol. The summed E-state index contributed by atoms with van der Waals surface area (Å²) in [7, 11) is 3.44. The molecule has 0 heterocycles. The van der Waals surface area contributed by atoms with Gasteiger partial charge in [0.1, 0.15) is 5.75 Å². The molecule has 3 nitrogen and oxygen atoms in total.